The van der Waals surface area contributed by atoms with E-state index in [4.69, 9.17) is 9.47 Å². The Morgan fingerprint density at radius 3 is 2.62 bits per heavy atom. The van der Waals surface area contributed by atoms with E-state index >= 15 is 0 Å². The van der Waals surface area contributed by atoms with Gasteiger partial charge in [-0.15, -0.1) is 0 Å². The van der Waals surface area contributed by atoms with Crippen molar-refractivity contribution in [2.45, 2.75) is 20.0 Å². The molecule has 0 aliphatic carbocycles. The summed E-state index contributed by atoms with van der Waals surface area (Å²) in [6, 6.07) is 5.39. The van der Waals surface area contributed by atoms with Crippen molar-refractivity contribution in [3.63, 3.8) is 0 Å². The molecular formula is C13H18O3. The van der Waals surface area contributed by atoms with Crippen molar-refractivity contribution in [1.29, 1.82) is 0 Å². The topological polar surface area (TPSA) is 38.7 Å². The second-order valence-electron chi connectivity index (χ2n) is 3.83. The van der Waals surface area contributed by atoms with Crippen LogP contribution in [-0.2, 0) is 0 Å². The molecule has 1 aromatic carbocycles. The second kappa shape index (κ2) is 5.56. The van der Waals surface area contributed by atoms with Crippen LogP contribution in [0.4, 0.5) is 0 Å². The van der Waals surface area contributed by atoms with Crippen molar-refractivity contribution in [3.8, 4) is 11.5 Å². The number of hydrogen-bond donors (Lipinski definition) is 1. The number of methoxy groups -OCH3 is 1. The quantitative estimate of drug-likeness (QED) is 0.778. The van der Waals surface area contributed by atoms with Crippen molar-refractivity contribution >= 4 is 0 Å². The zero-order valence-electron chi connectivity index (χ0n) is 9.99. The van der Waals surface area contributed by atoms with Crippen LogP contribution in [0.1, 0.15) is 25.5 Å². The summed E-state index contributed by atoms with van der Waals surface area (Å²) in [4.78, 5) is 0. The van der Waals surface area contributed by atoms with E-state index in [1.807, 2.05) is 13.0 Å². The Morgan fingerprint density at radius 1 is 1.44 bits per heavy atom. The van der Waals surface area contributed by atoms with Crippen LogP contribution in [-0.4, -0.2) is 18.8 Å². The van der Waals surface area contributed by atoms with Gasteiger partial charge in [0.25, 0.3) is 0 Å². The van der Waals surface area contributed by atoms with Crippen molar-refractivity contribution in [2.24, 2.45) is 0 Å². The van der Waals surface area contributed by atoms with Gasteiger partial charge < -0.3 is 14.6 Å². The fraction of sp³-hybridized carbons (Fsp3) is 0.385. The second-order valence-corrected chi connectivity index (χ2v) is 3.83. The highest BCUT2D eigenvalue weighted by molar-refractivity contribution is 5.43. The predicted molar refractivity (Wildman–Crippen MR) is 63.9 cm³/mol. The lowest BCUT2D eigenvalue weighted by Crippen LogP contribution is -2.01. The maximum atomic E-state index is 9.44. The van der Waals surface area contributed by atoms with Gasteiger partial charge in [-0.2, -0.15) is 0 Å². The number of rotatable bonds is 5. The van der Waals surface area contributed by atoms with Gasteiger partial charge >= 0.3 is 0 Å². The third-order valence-electron chi connectivity index (χ3n) is 2.14. The number of aliphatic hydroxyl groups excluding tert-OH is 1. The molecule has 0 aliphatic heterocycles. The zero-order valence-corrected chi connectivity index (χ0v) is 9.99. The average Bonchev–Trinajstić information content (AvgIpc) is 2.25. The van der Waals surface area contributed by atoms with Crippen molar-refractivity contribution in [1.82, 2.24) is 0 Å². The fourth-order valence-corrected chi connectivity index (χ4v) is 1.26. The largest absolute Gasteiger partial charge is 0.493 e. The lowest BCUT2D eigenvalue weighted by atomic mass is 10.1. The molecule has 0 fully saturated rings. The summed E-state index contributed by atoms with van der Waals surface area (Å²) in [5, 5.41) is 9.44. The lowest BCUT2D eigenvalue weighted by Gasteiger charge is -2.13. The van der Waals surface area contributed by atoms with Crippen LogP contribution in [0, 0.1) is 0 Å². The minimum Gasteiger partial charge on any atom is -0.493 e. The third-order valence-corrected chi connectivity index (χ3v) is 2.14. The Labute approximate surface area is 96.3 Å². The molecule has 0 bridgehead atoms. The van der Waals surface area contributed by atoms with Gasteiger partial charge in [0.2, 0.25) is 0 Å². The van der Waals surface area contributed by atoms with Crippen LogP contribution >= 0.6 is 0 Å². The van der Waals surface area contributed by atoms with Crippen LogP contribution in [0.5, 0.6) is 11.5 Å². The molecule has 0 aliphatic rings. The first kappa shape index (κ1) is 12.6. The minimum absolute atomic E-state index is 0.463. The highest BCUT2D eigenvalue weighted by Crippen LogP contribution is 2.30. The van der Waals surface area contributed by atoms with Crippen LogP contribution in [0.3, 0.4) is 0 Å². The van der Waals surface area contributed by atoms with E-state index in [-0.39, 0.29) is 0 Å². The maximum Gasteiger partial charge on any atom is 0.161 e. The van der Waals surface area contributed by atoms with Crippen LogP contribution in [0.25, 0.3) is 0 Å². The summed E-state index contributed by atoms with van der Waals surface area (Å²) in [5.41, 5.74) is 1.75. The first-order valence-electron chi connectivity index (χ1n) is 5.17. The normalized spacial score (nSPS) is 12.0. The monoisotopic (exact) mass is 222 g/mol. The molecule has 0 aromatic heterocycles. The lowest BCUT2D eigenvalue weighted by molar-refractivity contribution is 0.198. The van der Waals surface area contributed by atoms with E-state index < -0.39 is 6.10 Å². The van der Waals surface area contributed by atoms with E-state index in [0.717, 1.165) is 11.1 Å². The Balaban J connectivity index is 2.88. The number of aliphatic hydroxyl groups is 1. The molecule has 0 unspecified atom stereocenters. The number of ether oxygens (including phenoxy) is 2. The molecule has 0 heterocycles. The predicted octanol–water partition coefficient (Wildman–Crippen LogP) is 2.70. The van der Waals surface area contributed by atoms with Crippen molar-refractivity contribution < 1.29 is 14.6 Å². The van der Waals surface area contributed by atoms with Gasteiger partial charge in [-0.25, -0.2) is 0 Å². The van der Waals surface area contributed by atoms with Gasteiger partial charge in [0.1, 0.15) is 6.61 Å². The molecule has 0 spiro atoms. The summed E-state index contributed by atoms with van der Waals surface area (Å²) in [5.74, 6) is 1.29. The Bertz CT molecular complexity index is 369. The highest BCUT2D eigenvalue weighted by atomic mass is 16.5. The molecule has 1 aromatic rings. The Kier molecular flexibility index (Phi) is 4.38. The van der Waals surface area contributed by atoms with E-state index in [1.165, 1.54) is 0 Å². The fourth-order valence-electron chi connectivity index (χ4n) is 1.26. The Hall–Kier alpha value is -1.48. The SMILES string of the molecule is C=C(C)COc1ccc([C@H](C)O)cc1OC. The van der Waals surface area contributed by atoms with E-state index in [0.29, 0.717) is 18.1 Å². The smallest absolute Gasteiger partial charge is 0.161 e. The van der Waals surface area contributed by atoms with Crippen LogP contribution in [0.15, 0.2) is 30.4 Å². The summed E-state index contributed by atoms with van der Waals surface area (Å²) in [7, 11) is 1.58. The molecule has 88 valence electrons. The molecule has 1 atom stereocenters. The molecule has 3 heteroatoms. The van der Waals surface area contributed by atoms with Gasteiger partial charge in [-0.05, 0) is 37.1 Å². The van der Waals surface area contributed by atoms with Gasteiger partial charge in [-0.1, -0.05) is 12.6 Å². The van der Waals surface area contributed by atoms with E-state index in [9.17, 15) is 5.11 Å². The van der Waals surface area contributed by atoms with Gasteiger partial charge in [0.05, 0.1) is 13.2 Å². The van der Waals surface area contributed by atoms with Crippen molar-refractivity contribution in [3.05, 3.63) is 35.9 Å². The molecule has 0 saturated carbocycles. The highest BCUT2D eigenvalue weighted by Gasteiger charge is 2.08. The first-order valence-corrected chi connectivity index (χ1v) is 5.17. The molecule has 0 saturated heterocycles. The molecular weight excluding hydrogens is 204 g/mol. The number of benzene rings is 1. The van der Waals surface area contributed by atoms with E-state index in [1.54, 1.807) is 26.2 Å². The average molecular weight is 222 g/mol. The van der Waals surface area contributed by atoms with Crippen LogP contribution in [0.2, 0.25) is 0 Å². The maximum absolute atomic E-state index is 9.44. The molecule has 1 N–H and O–H groups in total. The molecule has 1 rings (SSSR count). The summed E-state index contributed by atoms with van der Waals surface area (Å²) in [6.45, 7) is 7.84. The molecule has 3 nitrogen and oxygen atoms in total. The molecule has 0 amide bonds. The third kappa shape index (κ3) is 3.28. The number of hydrogen-bond acceptors (Lipinski definition) is 3. The van der Waals surface area contributed by atoms with Gasteiger partial charge in [0.15, 0.2) is 11.5 Å². The van der Waals surface area contributed by atoms with Gasteiger partial charge in [-0.3, -0.25) is 0 Å². The zero-order chi connectivity index (χ0) is 12.1. The van der Waals surface area contributed by atoms with Crippen LogP contribution < -0.4 is 9.47 Å². The minimum atomic E-state index is -0.510. The van der Waals surface area contributed by atoms with E-state index in [2.05, 4.69) is 6.58 Å². The van der Waals surface area contributed by atoms with Crippen molar-refractivity contribution in [2.75, 3.05) is 13.7 Å². The molecule has 0 radical (unpaired) electrons. The van der Waals surface area contributed by atoms with Gasteiger partial charge in [0, 0.05) is 0 Å². The summed E-state index contributed by atoms with van der Waals surface area (Å²) >= 11 is 0. The summed E-state index contributed by atoms with van der Waals surface area (Å²) < 4.78 is 10.7. The summed E-state index contributed by atoms with van der Waals surface area (Å²) in [6.07, 6.45) is -0.510. The standard InChI is InChI=1S/C13H18O3/c1-9(2)8-16-12-6-5-11(10(3)14)7-13(12)15-4/h5-7,10,14H,1,8H2,2-4H3/t10-/m0/s1. The molecule has 16 heavy (non-hydrogen) atoms. The first-order chi connectivity index (χ1) is 7.54. The Morgan fingerprint density at radius 2 is 2.12 bits per heavy atom.